The molecule has 0 heterocycles. The van der Waals surface area contributed by atoms with Crippen LogP contribution < -0.4 is 5.73 Å². The maximum atomic E-state index is 6.08. The van der Waals surface area contributed by atoms with E-state index in [0.717, 1.165) is 13.1 Å². The Morgan fingerprint density at radius 3 is 2.38 bits per heavy atom. The van der Waals surface area contributed by atoms with E-state index in [-0.39, 0.29) is 5.41 Å². The van der Waals surface area contributed by atoms with Crippen LogP contribution in [-0.2, 0) is 12.0 Å². The number of hydrogen-bond donors (Lipinski definition) is 1. The van der Waals surface area contributed by atoms with Crippen molar-refractivity contribution in [2.75, 3.05) is 20.1 Å². The van der Waals surface area contributed by atoms with Gasteiger partial charge in [-0.05, 0) is 25.1 Å². The molecule has 0 radical (unpaired) electrons. The molecule has 2 aromatic rings. The van der Waals surface area contributed by atoms with Crippen LogP contribution in [0.3, 0.4) is 0 Å². The summed E-state index contributed by atoms with van der Waals surface area (Å²) in [5.74, 6) is 0. The Kier molecular flexibility index (Phi) is 5.16. The summed E-state index contributed by atoms with van der Waals surface area (Å²) >= 11 is 0. The summed E-state index contributed by atoms with van der Waals surface area (Å²) < 4.78 is 0. The third kappa shape index (κ3) is 4.16. The van der Waals surface area contributed by atoms with E-state index in [1.807, 2.05) is 0 Å². The molecule has 0 aliphatic carbocycles. The van der Waals surface area contributed by atoms with Crippen LogP contribution in [0.1, 0.15) is 23.6 Å². The molecule has 0 spiro atoms. The number of nitrogens with zero attached hydrogens (tertiary/aromatic N) is 1. The molecule has 0 bridgehead atoms. The van der Waals surface area contributed by atoms with Gasteiger partial charge in [-0.3, -0.25) is 0 Å². The SMILES string of the molecule is Cc1cccc(CN(C)CC(C)(CN)c2ccccc2)c1. The molecule has 1 unspecified atom stereocenters. The lowest BCUT2D eigenvalue weighted by atomic mass is 9.82. The summed E-state index contributed by atoms with van der Waals surface area (Å²) in [4.78, 5) is 2.36. The number of likely N-dealkylation sites (N-methyl/N-ethyl adjacent to an activating group) is 1. The summed E-state index contributed by atoms with van der Waals surface area (Å²) in [6.07, 6.45) is 0. The van der Waals surface area contributed by atoms with Crippen molar-refractivity contribution in [3.63, 3.8) is 0 Å². The van der Waals surface area contributed by atoms with E-state index in [9.17, 15) is 0 Å². The molecule has 1 atom stereocenters. The van der Waals surface area contributed by atoms with Gasteiger partial charge in [0.25, 0.3) is 0 Å². The van der Waals surface area contributed by atoms with E-state index in [2.05, 4.69) is 80.4 Å². The molecule has 0 fully saturated rings. The summed E-state index contributed by atoms with van der Waals surface area (Å²) in [6.45, 7) is 6.92. The first kappa shape index (κ1) is 15.7. The Morgan fingerprint density at radius 2 is 1.76 bits per heavy atom. The smallest absolute Gasteiger partial charge is 0.0231 e. The second-order valence-electron chi connectivity index (χ2n) is 6.29. The highest BCUT2D eigenvalue weighted by Gasteiger charge is 2.26. The van der Waals surface area contributed by atoms with Crippen molar-refractivity contribution in [2.24, 2.45) is 5.73 Å². The van der Waals surface area contributed by atoms with Crippen LogP contribution in [0.5, 0.6) is 0 Å². The Labute approximate surface area is 128 Å². The van der Waals surface area contributed by atoms with E-state index in [1.54, 1.807) is 0 Å². The van der Waals surface area contributed by atoms with E-state index in [1.165, 1.54) is 16.7 Å². The molecule has 0 aliphatic heterocycles. The number of benzene rings is 2. The minimum atomic E-state index is -0.0141. The van der Waals surface area contributed by atoms with Crippen LogP contribution in [0.25, 0.3) is 0 Å². The molecule has 0 saturated carbocycles. The van der Waals surface area contributed by atoms with Gasteiger partial charge in [0.05, 0.1) is 0 Å². The molecule has 2 nitrogen and oxygen atoms in total. The first-order valence-corrected chi connectivity index (χ1v) is 7.53. The molecule has 0 amide bonds. The highest BCUT2D eigenvalue weighted by atomic mass is 15.1. The normalized spacial score (nSPS) is 14.1. The number of hydrogen-bond acceptors (Lipinski definition) is 2. The zero-order valence-corrected chi connectivity index (χ0v) is 13.3. The Balaban J connectivity index is 2.08. The largest absolute Gasteiger partial charge is 0.330 e. The van der Waals surface area contributed by atoms with Crippen LogP contribution in [0.15, 0.2) is 54.6 Å². The average Bonchev–Trinajstić information content (AvgIpc) is 2.48. The molecule has 2 N–H and O–H groups in total. The molecule has 0 saturated heterocycles. The molecule has 0 aromatic heterocycles. The van der Waals surface area contributed by atoms with Crippen molar-refractivity contribution in [1.29, 1.82) is 0 Å². The van der Waals surface area contributed by atoms with Crippen LogP contribution in [-0.4, -0.2) is 25.0 Å². The fraction of sp³-hybridized carbons (Fsp3) is 0.368. The molecule has 2 rings (SSSR count). The third-order valence-electron chi connectivity index (χ3n) is 4.08. The van der Waals surface area contributed by atoms with Crippen molar-refractivity contribution in [2.45, 2.75) is 25.8 Å². The van der Waals surface area contributed by atoms with Gasteiger partial charge >= 0.3 is 0 Å². The third-order valence-corrected chi connectivity index (χ3v) is 4.08. The predicted octanol–water partition coefficient (Wildman–Crippen LogP) is 3.34. The fourth-order valence-electron chi connectivity index (χ4n) is 2.89. The van der Waals surface area contributed by atoms with Gasteiger partial charge in [-0.1, -0.05) is 67.1 Å². The quantitative estimate of drug-likeness (QED) is 0.880. The van der Waals surface area contributed by atoms with E-state index in [0.29, 0.717) is 6.54 Å². The van der Waals surface area contributed by atoms with Crippen LogP contribution >= 0.6 is 0 Å². The van der Waals surface area contributed by atoms with Gasteiger partial charge in [0.2, 0.25) is 0 Å². The van der Waals surface area contributed by atoms with E-state index in [4.69, 9.17) is 5.73 Å². The first-order chi connectivity index (χ1) is 10.0. The van der Waals surface area contributed by atoms with Gasteiger partial charge < -0.3 is 10.6 Å². The molecule has 2 aromatic carbocycles. The van der Waals surface area contributed by atoms with Crippen molar-refractivity contribution in [3.05, 3.63) is 71.3 Å². The monoisotopic (exact) mass is 282 g/mol. The Hall–Kier alpha value is -1.64. The van der Waals surface area contributed by atoms with Crippen molar-refractivity contribution >= 4 is 0 Å². The van der Waals surface area contributed by atoms with Gasteiger partial charge in [0, 0.05) is 25.0 Å². The summed E-state index contributed by atoms with van der Waals surface area (Å²) in [5.41, 5.74) is 10.0. The first-order valence-electron chi connectivity index (χ1n) is 7.53. The number of rotatable bonds is 6. The number of aryl methyl sites for hydroxylation is 1. The molecular weight excluding hydrogens is 256 g/mol. The van der Waals surface area contributed by atoms with Gasteiger partial charge in [-0.15, -0.1) is 0 Å². The van der Waals surface area contributed by atoms with E-state index < -0.39 is 0 Å². The summed E-state index contributed by atoms with van der Waals surface area (Å²) in [5, 5.41) is 0. The maximum Gasteiger partial charge on any atom is 0.0231 e. The molecule has 112 valence electrons. The Bertz CT molecular complexity index is 565. The molecule has 2 heteroatoms. The van der Waals surface area contributed by atoms with Gasteiger partial charge in [-0.25, -0.2) is 0 Å². The molecule has 21 heavy (non-hydrogen) atoms. The highest BCUT2D eigenvalue weighted by Crippen LogP contribution is 2.24. The lowest BCUT2D eigenvalue weighted by Gasteiger charge is -2.33. The van der Waals surface area contributed by atoms with Crippen LogP contribution in [0.4, 0.5) is 0 Å². The standard InChI is InChI=1S/C19H26N2/c1-16-8-7-9-17(12-16)13-21(3)15-19(2,14-20)18-10-5-4-6-11-18/h4-12H,13-15,20H2,1-3H3. The van der Waals surface area contributed by atoms with Gasteiger partial charge in [-0.2, -0.15) is 0 Å². The van der Waals surface area contributed by atoms with E-state index >= 15 is 0 Å². The zero-order valence-electron chi connectivity index (χ0n) is 13.3. The maximum absolute atomic E-state index is 6.08. The highest BCUT2D eigenvalue weighted by molar-refractivity contribution is 5.26. The second kappa shape index (κ2) is 6.88. The predicted molar refractivity (Wildman–Crippen MR) is 90.4 cm³/mol. The molecule has 0 aliphatic rings. The van der Waals surface area contributed by atoms with Gasteiger partial charge in [0.1, 0.15) is 0 Å². The molecular formula is C19H26N2. The topological polar surface area (TPSA) is 29.3 Å². The Morgan fingerprint density at radius 1 is 1.05 bits per heavy atom. The van der Waals surface area contributed by atoms with Crippen molar-refractivity contribution < 1.29 is 0 Å². The summed E-state index contributed by atoms with van der Waals surface area (Å²) in [7, 11) is 2.17. The minimum Gasteiger partial charge on any atom is -0.330 e. The lowest BCUT2D eigenvalue weighted by Crippen LogP contribution is -2.42. The van der Waals surface area contributed by atoms with Crippen molar-refractivity contribution in [3.8, 4) is 0 Å². The fourth-order valence-corrected chi connectivity index (χ4v) is 2.89. The van der Waals surface area contributed by atoms with Crippen molar-refractivity contribution in [1.82, 2.24) is 4.90 Å². The number of nitrogens with two attached hydrogens (primary N) is 1. The minimum absolute atomic E-state index is 0.0141. The van der Waals surface area contributed by atoms with Gasteiger partial charge in [0.15, 0.2) is 0 Å². The second-order valence-corrected chi connectivity index (χ2v) is 6.29. The summed E-state index contributed by atoms with van der Waals surface area (Å²) in [6, 6.07) is 19.3. The average molecular weight is 282 g/mol. The zero-order chi connectivity index (χ0) is 15.3. The lowest BCUT2D eigenvalue weighted by molar-refractivity contribution is 0.252. The van der Waals surface area contributed by atoms with Crippen LogP contribution in [0.2, 0.25) is 0 Å². The van der Waals surface area contributed by atoms with Crippen LogP contribution in [0, 0.1) is 6.92 Å².